The lowest BCUT2D eigenvalue weighted by molar-refractivity contribution is 0.214. The molecule has 0 aromatic heterocycles. The Hall–Kier alpha value is 0.154. The van der Waals surface area contributed by atoms with E-state index < -0.39 is 17.6 Å². The molecule has 0 atom stereocenters. The van der Waals surface area contributed by atoms with E-state index in [4.69, 9.17) is 8.59 Å². The van der Waals surface area contributed by atoms with Crippen LogP contribution in [0.3, 0.4) is 0 Å². The average Bonchev–Trinajstić information content (AvgIpc) is 2.61. The van der Waals surface area contributed by atoms with E-state index in [0.29, 0.717) is 25.9 Å². The van der Waals surface area contributed by atoms with Gasteiger partial charge in [-0.25, -0.2) is 0 Å². The zero-order valence-corrected chi connectivity index (χ0v) is 11.8. The second kappa shape index (κ2) is 7.56. The lowest BCUT2D eigenvalue weighted by Gasteiger charge is -2.21. The summed E-state index contributed by atoms with van der Waals surface area (Å²) in [6, 6.07) is 0.334. The Morgan fingerprint density at radius 1 is 0.882 bits per heavy atom. The minimum Gasteiger partial charge on any atom is -0.390 e. The van der Waals surface area contributed by atoms with Crippen LogP contribution in [0.25, 0.3) is 0 Å². The predicted octanol–water partition coefficient (Wildman–Crippen LogP) is -2.08. The molecule has 7 nitrogen and oxygen atoms in total. The summed E-state index contributed by atoms with van der Waals surface area (Å²) in [4.78, 5) is 27.6. The highest BCUT2D eigenvalue weighted by molar-refractivity contribution is 6.56. The molecule has 0 radical (unpaired) electrons. The van der Waals surface area contributed by atoms with Crippen LogP contribution in [0.4, 0.5) is 0 Å². The summed E-state index contributed by atoms with van der Waals surface area (Å²) in [6.45, 7) is 3.86. The summed E-state index contributed by atoms with van der Waals surface area (Å²) >= 11 is 0. The van der Waals surface area contributed by atoms with Crippen molar-refractivity contribution in [2.24, 2.45) is 0 Å². The van der Waals surface area contributed by atoms with Gasteiger partial charge < -0.3 is 33.7 Å². The molecule has 104 valence electrons. The molecule has 0 aliphatic heterocycles. The van der Waals surface area contributed by atoms with Crippen LogP contribution in [-0.4, -0.2) is 79.5 Å². The quantitative estimate of drug-likeness (QED) is 0.192. The highest BCUT2D eigenvalue weighted by atomic mass is 28.4. The topological polar surface area (TPSA) is 125 Å². The second-order valence-corrected chi connectivity index (χ2v) is 7.74. The zero-order chi connectivity index (χ0) is 17.8. The van der Waals surface area contributed by atoms with E-state index in [2.05, 4.69) is 28.8 Å². The first kappa shape index (κ1) is 9.12. The van der Waals surface area contributed by atoms with E-state index in [1.807, 2.05) is 11.8 Å². The summed E-state index contributed by atoms with van der Waals surface area (Å²) in [6.07, 6.45) is 1.02. The van der Waals surface area contributed by atoms with Crippen molar-refractivity contribution in [2.45, 2.75) is 31.9 Å². The Bertz CT molecular complexity index is 262. The maximum atomic E-state index is 6.85. The summed E-state index contributed by atoms with van der Waals surface area (Å²) < 4.78 is 41.1. The molecule has 9 heteroatoms. The van der Waals surface area contributed by atoms with Gasteiger partial charge in [0, 0.05) is 12.1 Å². The molecular formula is C8H23NO6Si2. The van der Waals surface area contributed by atoms with Gasteiger partial charge in [-0.05, 0) is 32.5 Å². The smallest absolute Gasteiger partial charge is 0.390 e. The van der Waals surface area contributed by atoms with Crippen molar-refractivity contribution < 1.29 is 28.8 Å². The Morgan fingerprint density at radius 3 is 1.59 bits per heavy atom. The maximum absolute atomic E-state index is 6.85. The fourth-order valence-electron chi connectivity index (χ4n) is 1.47. The fourth-order valence-corrected chi connectivity index (χ4v) is 2.65. The fraction of sp³-hybridized carbons (Fsp3) is 1.00. The van der Waals surface area contributed by atoms with Crippen LogP contribution >= 0.6 is 0 Å². The van der Waals surface area contributed by atoms with Gasteiger partial charge >= 0.3 is 17.6 Å². The van der Waals surface area contributed by atoms with E-state index in [1.54, 1.807) is 0 Å². The van der Waals surface area contributed by atoms with Crippen LogP contribution < -0.4 is 0 Å². The van der Waals surface area contributed by atoms with Gasteiger partial charge in [-0.2, -0.15) is 0 Å². The Kier molecular flexibility index (Phi) is 4.05. The maximum Gasteiger partial charge on any atom is 0.492 e. The van der Waals surface area contributed by atoms with Crippen LogP contribution in [-0.2, 0) is 0 Å². The van der Waals surface area contributed by atoms with Gasteiger partial charge in [0.2, 0.25) is 0 Å². The third-order valence-electron chi connectivity index (χ3n) is 2.36. The largest absolute Gasteiger partial charge is 0.492 e. The van der Waals surface area contributed by atoms with E-state index in [1.165, 1.54) is 0 Å². The first-order valence-electron chi connectivity index (χ1n) is 8.04. The lowest BCUT2D eigenvalue weighted by atomic mass is 10.3. The summed E-state index contributed by atoms with van der Waals surface area (Å²) in [5.41, 5.74) is 0. The number of rotatable bonds is 15. The third kappa shape index (κ3) is 12.4. The average molecular weight is 297 g/mol. The van der Waals surface area contributed by atoms with Gasteiger partial charge in [-0.3, -0.25) is 0 Å². The Labute approximate surface area is 112 Å². The highest BCUT2D eigenvalue weighted by Crippen LogP contribution is 2.06. The van der Waals surface area contributed by atoms with Gasteiger partial charge in [0.25, 0.3) is 0 Å². The molecule has 0 unspecified atom stereocenters. The number of hydrogen-bond donors (Lipinski definition) is 6. The third-order valence-corrected chi connectivity index (χ3v) is 4.29. The zero-order valence-electron chi connectivity index (χ0n) is 15.8. The molecule has 6 N–H and O–H groups in total. The van der Waals surface area contributed by atoms with Gasteiger partial charge in [0.15, 0.2) is 8.59 Å². The van der Waals surface area contributed by atoms with Gasteiger partial charge in [0.1, 0.15) is 0 Å². The summed E-state index contributed by atoms with van der Waals surface area (Å²) in [7, 11) is -7.06. The van der Waals surface area contributed by atoms with Crippen molar-refractivity contribution in [3.05, 3.63) is 0 Å². The molecule has 17 heavy (non-hydrogen) atoms. The first-order valence-corrected chi connectivity index (χ1v) is 9.45. The molecule has 0 fully saturated rings. The minimum absolute atomic E-state index is 0.167. The van der Waals surface area contributed by atoms with Crippen LogP contribution in [0.2, 0.25) is 12.1 Å². The molecular weight excluding hydrogens is 262 g/mol. The van der Waals surface area contributed by atoms with E-state index in [-0.39, 0.29) is 12.1 Å². The second-order valence-electron chi connectivity index (χ2n) is 4.01. The summed E-state index contributed by atoms with van der Waals surface area (Å²) in [5, 5.41) is 0. The van der Waals surface area contributed by atoms with E-state index >= 15 is 0 Å². The van der Waals surface area contributed by atoms with Crippen molar-refractivity contribution >= 4 is 17.6 Å². The monoisotopic (exact) mass is 297 g/mol. The molecule has 0 bridgehead atoms. The summed E-state index contributed by atoms with van der Waals surface area (Å²) in [5.74, 6) is 0. The van der Waals surface area contributed by atoms with Gasteiger partial charge in [0.05, 0.1) is 0 Å². The molecule has 0 amide bonds. The van der Waals surface area contributed by atoms with Crippen LogP contribution in [0.5, 0.6) is 0 Å². The first-order chi connectivity index (χ1) is 11.0. The number of hydrogen-bond acceptors (Lipinski definition) is 7. The molecule has 0 aliphatic rings. The predicted molar refractivity (Wildman–Crippen MR) is 65.8 cm³/mol. The molecule has 0 aromatic carbocycles. The molecule has 0 heterocycles. The molecule has 0 aliphatic carbocycles. The Balaban J connectivity index is 4.22. The standard InChI is InChI=1S/C8H23NO6Si2/c1-2-9(5-3-7-16(10,11)12)6-4-8-17(13,14)15/h10-15H,2-8H2,1H3/i10T,11T,12T,13T,14T,15T. The van der Waals surface area contributed by atoms with Crippen LogP contribution in [0, 0.1) is 0 Å². The van der Waals surface area contributed by atoms with Crippen molar-refractivity contribution in [1.29, 1.82) is 8.59 Å². The Morgan fingerprint density at radius 2 is 1.29 bits per heavy atom. The SMILES string of the molecule is [3H]O[Si](CCCN(CC)CCC[Si](O[3H])(O[3H])O[3H])(O[3H])O[3H]. The van der Waals surface area contributed by atoms with E-state index in [9.17, 15) is 0 Å². The molecule has 0 aromatic rings. The van der Waals surface area contributed by atoms with Crippen molar-refractivity contribution in [2.75, 3.05) is 19.6 Å². The van der Waals surface area contributed by atoms with Gasteiger partial charge in [-0.1, -0.05) is 6.92 Å². The molecule has 0 spiro atoms. The minimum atomic E-state index is -3.53. The lowest BCUT2D eigenvalue weighted by Crippen LogP contribution is -2.37. The molecule has 0 saturated heterocycles. The van der Waals surface area contributed by atoms with Gasteiger partial charge in [-0.15, -0.1) is 0 Å². The van der Waals surface area contributed by atoms with E-state index in [0.717, 1.165) is 6.54 Å². The normalized spacial score (nSPS) is 18.0. The van der Waals surface area contributed by atoms with Crippen molar-refractivity contribution in [1.82, 2.24) is 4.90 Å². The highest BCUT2D eigenvalue weighted by Gasteiger charge is 2.27. The molecule has 0 saturated carbocycles. The van der Waals surface area contributed by atoms with Crippen LogP contribution in [0.15, 0.2) is 0 Å². The van der Waals surface area contributed by atoms with Crippen molar-refractivity contribution in [3.8, 4) is 0 Å². The molecule has 0 rings (SSSR count). The number of nitrogens with zero attached hydrogens (tertiary/aromatic N) is 1. The van der Waals surface area contributed by atoms with Crippen LogP contribution in [0.1, 0.15) is 19.8 Å². The van der Waals surface area contributed by atoms with Crippen molar-refractivity contribution in [3.63, 3.8) is 0 Å².